The Bertz CT molecular complexity index is 1600. The molecule has 0 fully saturated rings. The topological polar surface area (TPSA) is 81.1 Å². The highest BCUT2D eigenvalue weighted by atomic mass is 32.1. The number of hydrogen-bond acceptors (Lipinski definition) is 5. The number of para-hydroxylation sites is 1. The SMILES string of the molecule is CCNC(=O)Cn1c(=O)/c(=C\c2cccc3cccnc23)s/c1=C\C(=O)c1ccc(C(C)(C)C)cc1. The Labute approximate surface area is 213 Å². The first-order valence-electron chi connectivity index (χ1n) is 11.9. The van der Waals surface area contributed by atoms with Crippen molar-refractivity contribution in [3.63, 3.8) is 0 Å². The van der Waals surface area contributed by atoms with Gasteiger partial charge >= 0.3 is 0 Å². The molecule has 4 aromatic rings. The van der Waals surface area contributed by atoms with Gasteiger partial charge in [-0.25, -0.2) is 0 Å². The molecule has 4 rings (SSSR count). The maximum absolute atomic E-state index is 13.4. The number of carbonyl (C=O) groups is 2. The van der Waals surface area contributed by atoms with Crippen molar-refractivity contribution in [1.29, 1.82) is 0 Å². The highest BCUT2D eigenvalue weighted by molar-refractivity contribution is 7.07. The molecule has 0 radical (unpaired) electrons. The fourth-order valence-electron chi connectivity index (χ4n) is 3.90. The molecular weight excluding hydrogens is 470 g/mol. The van der Waals surface area contributed by atoms with Crippen molar-refractivity contribution in [2.24, 2.45) is 0 Å². The number of Topliss-reactive ketones (excluding diaryl/α,β-unsaturated/α-hetero) is 1. The summed E-state index contributed by atoms with van der Waals surface area (Å²) in [5.74, 6) is -0.507. The van der Waals surface area contributed by atoms with Crippen LogP contribution in [0.25, 0.3) is 23.1 Å². The van der Waals surface area contributed by atoms with Gasteiger partial charge in [0, 0.05) is 35.3 Å². The van der Waals surface area contributed by atoms with Crippen LogP contribution < -0.4 is 20.1 Å². The fraction of sp³-hybridized carbons (Fsp3) is 0.241. The molecule has 0 saturated carbocycles. The van der Waals surface area contributed by atoms with E-state index in [1.165, 1.54) is 22.0 Å². The summed E-state index contributed by atoms with van der Waals surface area (Å²) in [6, 6.07) is 17.1. The molecule has 0 atom stereocenters. The van der Waals surface area contributed by atoms with Crippen LogP contribution >= 0.6 is 11.3 Å². The van der Waals surface area contributed by atoms with Crippen molar-refractivity contribution in [3.05, 3.63) is 97.0 Å². The lowest BCUT2D eigenvalue weighted by Gasteiger charge is -2.18. The van der Waals surface area contributed by atoms with Crippen molar-refractivity contribution in [2.75, 3.05) is 6.54 Å². The summed E-state index contributed by atoms with van der Waals surface area (Å²) < 4.78 is 2.22. The largest absolute Gasteiger partial charge is 0.355 e. The van der Waals surface area contributed by atoms with Crippen molar-refractivity contribution in [2.45, 2.75) is 39.7 Å². The van der Waals surface area contributed by atoms with Gasteiger partial charge in [-0.15, -0.1) is 11.3 Å². The summed E-state index contributed by atoms with van der Waals surface area (Å²) in [5, 5.41) is 3.69. The van der Waals surface area contributed by atoms with Gasteiger partial charge in [-0.1, -0.05) is 69.3 Å². The Morgan fingerprint density at radius 1 is 1.06 bits per heavy atom. The summed E-state index contributed by atoms with van der Waals surface area (Å²) in [5.41, 5.74) is 2.89. The number of benzene rings is 2. The lowest BCUT2D eigenvalue weighted by atomic mass is 9.86. The van der Waals surface area contributed by atoms with Gasteiger partial charge in [0.25, 0.3) is 5.56 Å². The van der Waals surface area contributed by atoms with E-state index in [0.717, 1.165) is 22.0 Å². The third-order valence-corrected chi connectivity index (χ3v) is 6.91. The van der Waals surface area contributed by atoms with Gasteiger partial charge in [-0.2, -0.15) is 0 Å². The van der Waals surface area contributed by atoms with Crippen LogP contribution in [-0.4, -0.2) is 27.8 Å². The smallest absolute Gasteiger partial charge is 0.269 e. The minimum absolute atomic E-state index is 0.0205. The van der Waals surface area contributed by atoms with E-state index in [2.05, 4.69) is 31.1 Å². The lowest BCUT2D eigenvalue weighted by molar-refractivity contribution is -0.121. The molecule has 36 heavy (non-hydrogen) atoms. The number of carbonyl (C=O) groups excluding carboxylic acids is 2. The van der Waals surface area contributed by atoms with Gasteiger partial charge in [0.15, 0.2) is 5.78 Å². The fourth-order valence-corrected chi connectivity index (χ4v) is 4.94. The van der Waals surface area contributed by atoms with Crippen LogP contribution in [0.4, 0.5) is 0 Å². The predicted octanol–water partition coefficient (Wildman–Crippen LogP) is 3.38. The summed E-state index contributed by atoms with van der Waals surface area (Å²) in [4.78, 5) is 43.3. The Hall–Kier alpha value is -3.84. The molecule has 7 heteroatoms. The molecule has 0 aliphatic carbocycles. The van der Waals surface area contributed by atoms with Crippen molar-refractivity contribution in [3.8, 4) is 0 Å². The quantitative estimate of drug-likeness (QED) is 0.413. The number of nitrogens with zero attached hydrogens (tertiary/aromatic N) is 2. The molecule has 2 aromatic heterocycles. The van der Waals surface area contributed by atoms with Crippen LogP contribution in [-0.2, 0) is 16.8 Å². The molecule has 0 aliphatic rings. The Morgan fingerprint density at radius 3 is 2.47 bits per heavy atom. The van der Waals surface area contributed by atoms with Crippen LogP contribution in [0.1, 0.15) is 49.2 Å². The third kappa shape index (κ3) is 5.52. The molecule has 2 aromatic carbocycles. The first kappa shape index (κ1) is 25.3. The van der Waals surface area contributed by atoms with Crippen molar-refractivity contribution in [1.82, 2.24) is 14.9 Å². The number of aromatic nitrogens is 2. The van der Waals surface area contributed by atoms with Gasteiger partial charge in [0.2, 0.25) is 5.91 Å². The highest BCUT2D eigenvalue weighted by Crippen LogP contribution is 2.22. The van der Waals surface area contributed by atoms with E-state index in [4.69, 9.17) is 0 Å². The molecule has 184 valence electrons. The number of thiazole rings is 1. The normalized spacial score (nSPS) is 12.8. The second-order valence-corrected chi connectivity index (χ2v) is 10.6. The van der Waals surface area contributed by atoms with E-state index in [1.54, 1.807) is 24.4 Å². The van der Waals surface area contributed by atoms with E-state index in [0.29, 0.717) is 21.3 Å². The zero-order valence-electron chi connectivity index (χ0n) is 20.9. The summed E-state index contributed by atoms with van der Waals surface area (Å²) in [7, 11) is 0. The van der Waals surface area contributed by atoms with Gasteiger partial charge < -0.3 is 5.32 Å². The van der Waals surface area contributed by atoms with Gasteiger partial charge in [-0.3, -0.25) is 23.9 Å². The number of ketones is 1. The van der Waals surface area contributed by atoms with Crippen molar-refractivity contribution >= 4 is 46.1 Å². The number of rotatable bonds is 6. The molecule has 0 spiro atoms. The lowest BCUT2D eigenvalue weighted by Crippen LogP contribution is -2.38. The number of fused-ring (bicyclic) bond motifs is 1. The van der Waals surface area contributed by atoms with Crippen LogP contribution in [0.15, 0.2) is 65.6 Å². The minimum atomic E-state index is -0.318. The number of amides is 1. The number of pyridine rings is 1. The Kier molecular flexibility index (Phi) is 7.31. The standard InChI is InChI=1S/C29H29N3O3S/c1-5-30-25(34)18-32-26(17-23(33)19-11-13-22(14-12-19)29(2,3)4)36-24(28(32)35)16-21-9-6-8-20-10-7-15-31-27(20)21/h6-17H,5,18H2,1-4H3,(H,30,34)/b24-16+,26-17-. The summed E-state index contributed by atoms with van der Waals surface area (Å²) in [6.45, 7) is 8.46. The number of likely N-dealkylation sites (N-methyl/N-ethyl adjacent to an activating group) is 1. The first-order chi connectivity index (χ1) is 17.2. The number of nitrogens with one attached hydrogen (secondary N) is 1. The minimum Gasteiger partial charge on any atom is -0.355 e. The zero-order chi connectivity index (χ0) is 25.9. The van der Waals surface area contributed by atoms with Crippen LogP contribution in [0.2, 0.25) is 0 Å². The molecule has 0 unspecified atom stereocenters. The van der Waals surface area contributed by atoms with Gasteiger partial charge in [-0.05, 0) is 30.0 Å². The Morgan fingerprint density at radius 2 is 1.78 bits per heavy atom. The van der Waals surface area contributed by atoms with E-state index in [-0.39, 0.29) is 29.2 Å². The highest BCUT2D eigenvalue weighted by Gasteiger charge is 2.15. The zero-order valence-corrected chi connectivity index (χ0v) is 21.7. The molecule has 2 heterocycles. The van der Waals surface area contributed by atoms with Crippen LogP contribution in [0.3, 0.4) is 0 Å². The number of hydrogen-bond donors (Lipinski definition) is 1. The molecule has 1 N–H and O–H groups in total. The molecule has 6 nitrogen and oxygen atoms in total. The maximum Gasteiger partial charge on any atom is 0.269 e. The van der Waals surface area contributed by atoms with E-state index < -0.39 is 0 Å². The molecule has 0 saturated heterocycles. The van der Waals surface area contributed by atoms with E-state index in [1.807, 2.05) is 49.4 Å². The average molecular weight is 500 g/mol. The summed E-state index contributed by atoms with van der Waals surface area (Å²) in [6.07, 6.45) is 4.93. The van der Waals surface area contributed by atoms with E-state index >= 15 is 0 Å². The monoisotopic (exact) mass is 499 g/mol. The van der Waals surface area contributed by atoms with Crippen molar-refractivity contribution < 1.29 is 9.59 Å². The second-order valence-electron chi connectivity index (χ2n) is 9.55. The molecule has 0 aliphatic heterocycles. The molecule has 0 bridgehead atoms. The van der Waals surface area contributed by atoms with Crippen LogP contribution in [0, 0.1) is 0 Å². The molecule has 1 amide bonds. The third-order valence-electron chi connectivity index (χ3n) is 5.85. The average Bonchev–Trinajstić information content (AvgIpc) is 3.12. The van der Waals surface area contributed by atoms with Crippen LogP contribution in [0.5, 0.6) is 0 Å². The maximum atomic E-state index is 13.4. The Balaban J connectivity index is 1.83. The van der Waals surface area contributed by atoms with Gasteiger partial charge in [0.1, 0.15) is 11.2 Å². The predicted molar refractivity (Wildman–Crippen MR) is 146 cm³/mol. The van der Waals surface area contributed by atoms with Gasteiger partial charge in [0.05, 0.1) is 10.0 Å². The second kappa shape index (κ2) is 10.4. The molecular formula is C29H29N3O3S. The summed E-state index contributed by atoms with van der Waals surface area (Å²) >= 11 is 1.19. The van der Waals surface area contributed by atoms with E-state index in [9.17, 15) is 14.4 Å². The first-order valence-corrected chi connectivity index (χ1v) is 12.7.